The number of aromatic nitrogens is 1. The molecule has 1 aromatic heterocycles. The van der Waals surface area contributed by atoms with Crippen molar-refractivity contribution < 1.29 is 22.8 Å². The molecule has 0 spiro atoms. The highest BCUT2D eigenvalue weighted by Crippen LogP contribution is 2.39. The first-order chi connectivity index (χ1) is 10.7. The first-order valence-electron chi connectivity index (χ1n) is 6.13. The molecule has 0 aliphatic carbocycles. The zero-order valence-electron chi connectivity index (χ0n) is 11.0. The maximum absolute atomic E-state index is 12.8. The molecule has 4 nitrogen and oxygen atoms in total. The van der Waals surface area contributed by atoms with E-state index in [9.17, 15) is 22.8 Å². The third-order valence-corrected chi connectivity index (χ3v) is 3.79. The second-order valence-electron chi connectivity index (χ2n) is 4.62. The summed E-state index contributed by atoms with van der Waals surface area (Å²) in [4.78, 5) is 28.7. The number of nitrogens with zero attached hydrogens (tertiary/aromatic N) is 2. The van der Waals surface area contributed by atoms with Gasteiger partial charge >= 0.3 is 6.18 Å². The average molecular weight is 361 g/mol. The Morgan fingerprint density at radius 3 is 2.00 bits per heavy atom. The van der Waals surface area contributed by atoms with Gasteiger partial charge in [0.25, 0.3) is 11.8 Å². The van der Waals surface area contributed by atoms with Crippen LogP contribution in [-0.2, 0) is 6.18 Å². The molecule has 1 aliphatic heterocycles. The largest absolute Gasteiger partial charge is 0.419 e. The van der Waals surface area contributed by atoms with Gasteiger partial charge in [-0.2, -0.15) is 13.2 Å². The Hall–Kier alpha value is -2.12. The number of benzene rings is 1. The van der Waals surface area contributed by atoms with Crippen LogP contribution in [0.15, 0.2) is 30.3 Å². The summed E-state index contributed by atoms with van der Waals surface area (Å²) < 4.78 is 38.3. The van der Waals surface area contributed by atoms with Crippen molar-refractivity contribution in [1.29, 1.82) is 0 Å². The monoisotopic (exact) mass is 360 g/mol. The zero-order valence-corrected chi connectivity index (χ0v) is 12.5. The van der Waals surface area contributed by atoms with E-state index in [1.165, 1.54) is 12.1 Å². The summed E-state index contributed by atoms with van der Waals surface area (Å²) in [5, 5.41) is -1.40. The lowest BCUT2D eigenvalue weighted by molar-refractivity contribution is -0.137. The van der Waals surface area contributed by atoms with Crippen LogP contribution in [0.3, 0.4) is 0 Å². The van der Waals surface area contributed by atoms with Gasteiger partial charge in [-0.25, -0.2) is 9.88 Å². The Kier molecular flexibility index (Phi) is 3.57. The summed E-state index contributed by atoms with van der Waals surface area (Å²) in [6.07, 6.45) is -4.76. The van der Waals surface area contributed by atoms with Crippen LogP contribution in [0, 0.1) is 0 Å². The second kappa shape index (κ2) is 5.21. The number of hydrogen-bond donors (Lipinski definition) is 0. The number of amides is 2. The van der Waals surface area contributed by atoms with Gasteiger partial charge in [0.1, 0.15) is 5.15 Å². The number of pyridine rings is 1. The van der Waals surface area contributed by atoms with E-state index in [1.807, 2.05) is 0 Å². The highest BCUT2D eigenvalue weighted by atomic mass is 35.5. The summed E-state index contributed by atoms with van der Waals surface area (Å²) in [5.41, 5.74) is -1.01. The third kappa shape index (κ3) is 2.46. The second-order valence-corrected chi connectivity index (χ2v) is 5.39. The first-order valence-corrected chi connectivity index (χ1v) is 6.88. The number of alkyl halides is 3. The van der Waals surface area contributed by atoms with Crippen molar-refractivity contribution in [2.75, 3.05) is 4.90 Å². The molecular weight excluding hydrogens is 356 g/mol. The van der Waals surface area contributed by atoms with Gasteiger partial charge in [-0.1, -0.05) is 35.3 Å². The summed E-state index contributed by atoms with van der Waals surface area (Å²) >= 11 is 11.3. The van der Waals surface area contributed by atoms with Crippen molar-refractivity contribution in [3.63, 3.8) is 0 Å². The number of anilines is 1. The van der Waals surface area contributed by atoms with Crippen molar-refractivity contribution >= 4 is 40.8 Å². The number of rotatable bonds is 1. The summed E-state index contributed by atoms with van der Waals surface area (Å²) in [5.74, 6) is -1.89. The Morgan fingerprint density at radius 2 is 1.52 bits per heavy atom. The number of imide groups is 1. The van der Waals surface area contributed by atoms with E-state index in [2.05, 4.69) is 4.98 Å². The Morgan fingerprint density at radius 1 is 1.00 bits per heavy atom. The fourth-order valence-electron chi connectivity index (χ4n) is 2.19. The number of hydrogen-bond acceptors (Lipinski definition) is 3. The highest BCUT2D eigenvalue weighted by Gasteiger charge is 2.40. The highest BCUT2D eigenvalue weighted by molar-refractivity contribution is 6.40. The predicted octanol–water partition coefficient (Wildman–Crippen LogP) is 4.21. The molecule has 23 heavy (non-hydrogen) atoms. The van der Waals surface area contributed by atoms with Gasteiger partial charge in [0.2, 0.25) is 0 Å². The summed E-state index contributed by atoms with van der Waals surface area (Å²) in [6.45, 7) is 0. The topological polar surface area (TPSA) is 50.3 Å². The van der Waals surface area contributed by atoms with Crippen LogP contribution in [0.4, 0.5) is 19.0 Å². The van der Waals surface area contributed by atoms with Crippen molar-refractivity contribution in [1.82, 2.24) is 4.98 Å². The molecule has 0 atom stereocenters. The maximum Gasteiger partial charge on any atom is 0.419 e. The fourth-order valence-corrected chi connectivity index (χ4v) is 2.67. The summed E-state index contributed by atoms with van der Waals surface area (Å²) in [7, 11) is 0. The molecule has 0 fully saturated rings. The van der Waals surface area contributed by atoms with E-state index in [4.69, 9.17) is 23.2 Å². The van der Waals surface area contributed by atoms with E-state index >= 15 is 0 Å². The summed E-state index contributed by atoms with van der Waals surface area (Å²) in [6, 6.07) is 6.50. The van der Waals surface area contributed by atoms with Gasteiger partial charge in [-0.05, 0) is 18.2 Å². The van der Waals surface area contributed by atoms with Crippen LogP contribution in [-0.4, -0.2) is 16.8 Å². The van der Waals surface area contributed by atoms with Gasteiger partial charge in [-0.3, -0.25) is 9.59 Å². The van der Waals surface area contributed by atoms with E-state index < -0.39 is 39.5 Å². The molecule has 1 aromatic carbocycles. The smallest absolute Gasteiger partial charge is 0.268 e. The molecule has 0 N–H and O–H groups in total. The molecule has 0 unspecified atom stereocenters. The quantitative estimate of drug-likeness (QED) is 0.565. The van der Waals surface area contributed by atoms with E-state index in [0.717, 1.165) is 0 Å². The first kappa shape index (κ1) is 15.8. The molecule has 118 valence electrons. The number of carbonyl (C=O) groups is 2. The number of halogens is 5. The Bertz CT molecular complexity index is 817. The fraction of sp³-hybridized carbons (Fsp3) is 0.0714. The zero-order chi connectivity index (χ0) is 16.9. The van der Waals surface area contributed by atoms with Crippen LogP contribution in [0.5, 0.6) is 0 Å². The number of carbonyl (C=O) groups excluding carboxylic acids is 2. The van der Waals surface area contributed by atoms with Gasteiger partial charge in [0.15, 0.2) is 5.82 Å². The molecule has 2 heterocycles. The van der Waals surface area contributed by atoms with E-state index in [-0.39, 0.29) is 11.1 Å². The van der Waals surface area contributed by atoms with Crippen molar-refractivity contribution in [3.05, 3.63) is 57.2 Å². The van der Waals surface area contributed by atoms with Crippen LogP contribution >= 0.6 is 23.2 Å². The Labute approximate surface area is 137 Å². The molecular formula is C14H5Cl2F3N2O2. The molecule has 1 aliphatic rings. The molecule has 0 saturated carbocycles. The van der Waals surface area contributed by atoms with E-state index in [1.54, 1.807) is 12.1 Å². The van der Waals surface area contributed by atoms with Crippen molar-refractivity contribution in [2.24, 2.45) is 0 Å². The predicted molar refractivity (Wildman–Crippen MR) is 76.8 cm³/mol. The lowest BCUT2D eigenvalue weighted by Crippen LogP contribution is -2.30. The average Bonchev–Trinajstić information content (AvgIpc) is 2.73. The normalized spacial score (nSPS) is 14.4. The van der Waals surface area contributed by atoms with Crippen molar-refractivity contribution in [3.8, 4) is 0 Å². The lowest BCUT2D eigenvalue weighted by Gasteiger charge is -2.17. The molecule has 2 amide bonds. The molecule has 2 aromatic rings. The van der Waals surface area contributed by atoms with Gasteiger partial charge < -0.3 is 0 Å². The van der Waals surface area contributed by atoms with Gasteiger partial charge in [0, 0.05) is 0 Å². The molecule has 9 heteroatoms. The third-order valence-electron chi connectivity index (χ3n) is 3.22. The maximum atomic E-state index is 12.8. The molecule has 0 radical (unpaired) electrons. The lowest BCUT2D eigenvalue weighted by atomic mass is 10.1. The van der Waals surface area contributed by atoms with Crippen LogP contribution in [0.25, 0.3) is 0 Å². The Balaban J connectivity index is 2.13. The van der Waals surface area contributed by atoms with E-state index in [0.29, 0.717) is 11.0 Å². The molecule has 0 bridgehead atoms. The minimum absolute atomic E-state index is 0.117. The number of fused-ring (bicyclic) bond motifs is 1. The van der Waals surface area contributed by atoms with Crippen molar-refractivity contribution in [2.45, 2.75) is 6.18 Å². The minimum atomic E-state index is -4.76. The van der Waals surface area contributed by atoms with Gasteiger partial charge in [-0.15, -0.1) is 0 Å². The van der Waals surface area contributed by atoms with Crippen LogP contribution in [0.1, 0.15) is 26.3 Å². The van der Waals surface area contributed by atoms with Crippen LogP contribution in [0.2, 0.25) is 10.2 Å². The standard InChI is InChI=1S/C14H5Cl2F3N2O2/c15-9-5-8(14(17,18)19)10(16)20-11(9)21-12(22)6-3-1-2-4-7(6)13(21)23/h1-5H. The minimum Gasteiger partial charge on any atom is -0.268 e. The van der Waals surface area contributed by atoms with Crippen LogP contribution < -0.4 is 4.90 Å². The molecule has 3 rings (SSSR count). The molecule has 0 saturated heterocycles. The van der Waals surface area contributed by atoms with Gasteiger partial charge in [0.05, 0.1) is 21.7 Å². The SMILES string of the molecule is O=C1c2ccccc2C(=O)N1c1nc(Cl)c(C(F)(F)F)cc1Cl.